The van der Waals surface area contributed by atoms with Gasteiger partial charge in [-0.25, -0.2) is 4.98 Å². The molecule has 0 saturated heterocycles. The Bertz CT molecular complexity index is 541. The summed E-state index contributed by atoms with van der Waals surface area (Å²) in [7, 11) is 0. The summed E-state index contributed by atoms with van der Waals surface area (Å²) < 4.78 is 2.18. The van der Waals surface area contributed by atoms with E-state index in [0.29, 0.717) is 6.04 Å². The molecule has 1 heterocycles. The van der Waals surface area contributed by atoms with Crippen molar-refractivity contribution in [2.45, 2.75) is 46.7 Å². The van der Waals surface area contributed by atoms with Crippen LogP contribution in [0.25, 0.3) is 0 Å². The molecule has 0 aliphatic carbocycles. The lowest BCUT2D eigenvalue weighted by Gasteiger charge is -2.14. The zero-order chi connectivity index (χ0) is 13.8. The molecule has 19 heavy (non-hydrogen) atoms. The zero-order valence-electron chi connectivity index (χ0n) is 12.3. The average molecular weight is 257 g/mol. The molecule has 0 aliphatic heterocycles. The molecular weight excluding hydrogens is 234 g/mol. The number of aromatic nitrogens is 2. The molecule has 3 nitrogen and oxygen atoms in total. The maximum atomic E-state index is 4.55. The summed E-state index contributed by atoms with van der Waals surface area (Å²) in [5.74, 6) is 0.957. The number of nitrogens with one attached hydrogen (secondary N) is 1. The lowest BCUT2D eigenvalue weighted by molar-refractivity contribution is 0.604. The Kier molecular flexibility index (Phi) is 4.25. The smallest absolute Gasteiger partial charge is 0.203 e. The van der Waals surface area contributed by atoms with Crippen LogP contribution in [0.2, 0.25) is 0 Å². The Balaban J connectivity index is 2.14. The van der Waals surface area contributed by atoms with Crippen molar-refractivity contribution < 1.29 is 0 Å². The van der Waals surface area contributed by atoms with E-state index in [1.54, 1.807) is 0 Å². The third-order valence-corrected chi connectivity index (χ3v) is 3.35. The first-order chi connectivity index (χ1) is 9.11. The quantitative estimate of drug-likeness (QED) is 0.879. The first-order valence-electron chi connectivity index (χ1n) is 6.98. The Morgan fingerprint density at radius 3 is 2.53 bits per heavy atom. The molecule has 1 aromatic heterocycles. The molecule has 0 amide bonds. The maximum Gasteiger partial charge on any atom is 0.203 e. The average Bonchev–Trinajstić information content (AvgIpc) is 2.78. The van der Waals surface area contributed by atoms with Gasteiger partial charge in [-0.2, -0.15) is 0 Å². The molecule has 0 unspecified atom stereocenters. The van der Waals surface area contributed by atoms with Crippen LogP contribution in [0.5, 0.6) is 0 Å². The number of benzene rings is 1. The highest BCUT2D eigenvalue weighted by molar-refractivity contribution is 5.34. The second-order valence-electron chi connectivity index (χ2n) is 5.18. The lowest BCUT2D eigenvalue weighted by atomic mass is 10.1. The second kappa shape index (κ2) is 5.91. The summed E-state index contributed by atoms with van der Waals surface area (Å²) in [4.78, 5) is 4.55. The minimum absolute atomic E-state index is 0.421. The van der Waals surface area contributed by atoms with Gasteiger partial charge in [0.15, 0.2) is 0 Å². The van der Waals surface area contributed by atoms with Crippen molar-refractivity contribution in [1.29, 1.82) is 0 Å². The van der Waals surface area contributed by atoms with Crippen molar-refractivity contribution in [3.63, 3.8) is 0 Å². The molecule has 3 heteroatoms. The molecule has 0 bridgehead atoms. The predicted molar refractivity (Wildman–Crippen MR) is 80.5 cm³/mol. The van der Waals surface area contributed by atoms with Gasteiger partial charge in [0.25, 0.3) is 0 Å². The van der Waals surface area contributed by atoms with Gasteiger partial charge >= 0.3 is 0 Å². The van der Waals surface area contributed by atoms with Gasteiger partial charge in [-0.15, -0.1) is 0 Å². The highest BCUT2D eigenvalue weighted by Gasteiger charge is 2.08. The molecule has 0 saturated carbocycles. The van der Waals surface area contributed by atoms with Crippen molar-refractivity contribution >= 4 is 5.95 Å². The lowest BCUT2D eigenvalue weighted by Crippen LogP contribution is -2.09. The van der Waals surface area contributed by atoms with Crippen molar-refractivity contribution in [3.8, 4) is 0 Å². The van der Waals surface area contributed by atoms with E-state index >= 15 is 0 Å². The van der Waals surface area contributed by atoms with Crippen molar-refractivity contribution in [1.82, 2.24) is 9.55 Å². The van der Waals surface area contributed by atoms with E-state index in [1.807, 2.05) is 6.92 Å². The van der Waals surface area contributed by atoms with Crippen LogP contribution < -0.4 is 5.32 Å². The topological polar surface area (TPSA) is 29.9 Å². The minimum Gasteiger partial charge on any atom is -0.352 e. The predicted octanol–water partition coefficient (Wildman–Crippen LogP) is 3.95. The van der Waals surface area contributed by atoms with Crippen LogP contribution in [-0.4, -0.2) is 9.55 Å². The summed E-state index contributed by atoms with van der Waals surface area (Å²) in [6, 6.07) is 8.99. The van der Waals surface area contributed by atoms with E-state index in [-0.39, 0.29) is 0 Å². The molecule has 1 N–H and O–H groups in total. The molecule has 0 spiro atoms. The maximum absolute atomic E-state index is 4.55. The highest BCUT2D eigenvalue weighted by Crippen LogP contribution is 2.17. The van der Waals surface area contributed by atoms with Gasteiger partial charge < -0.3 is 9.88 Å². The summed E-state index contributed by atoms with van der Waals surface area (Å²) in [6.45, 7) is 9.40. The van der Waals surface area contributed by atoms with Gasteiger partial charge in [0.1, 0.15) is 0 Å². The molecule has 0 aliphatic rings. The SMILES string of the molecule is CCc1ccccc1CNc1nc(C)cn1C(C)C. The minimum atomic E-state index is 0.421. The number of aryl methyl sites for hydroxylation is 2. The molecule has 2 aromatic rings. The molecule has 0 fully saturated rings. The Labute approximate surface area is 115 Å². The Hall–Kier alpha value is -1.77. The summed E-state index contributed by atoms with van der Waals surface area (Å²) in [5.41, 5.74) is 3.80. The van der Waals surface area contributed by atoms with Crippen molar-refractivity contribution in [2.24, 2.45) is 0 Å². The molecule has 102 valence electrons. The third kappa shape index (κ3) is 3.16. The largest absolute Gasteiger partial charge is 0.352 e. The molecule has 2 rings (SSSR count). The van der Waals surface area contributed by atoms with Crippen LogP contribution in [0.15, 0.2) is 30.5 Å². The standard InChI is InChI=1S/C16H23N3/c1-5-14-8-6-7-9-15(14)10-17-16-18-13(4)11-19(16)12(2)3/h6-9,11-12H,5,10H2,1-4H3,(H,17,18). The van der Waals surface area contributed by atoms with Crippen LogP contribution in [0.3, 0.4) is 0 Å². The summed E-state index contributed by atoms with van der Waals surface area (Å²) in [6.07, 6.45) is 3.16. The number of imidazole rings is 1. The van der Waals surface area contributed by atoms with Gasteiger partial charge in [0.05, 0.1) is 5.69 Å². The van der Waals surface area contributed by atoms with Crippen LogP contribution in [0.4, 0.5) is 5.95 Å². The van der Waals surface area contributed by atoms with E-state index in [4.69, 9.17) is 0 Å². The number of hydrogen-bond acceptors (Lipinski definition) is 2. The fraction of sp³-hybridized carbons (Fsp3) is 0.438. The normalized spacial score (nSPS) is 11.0. The van der Waals surface area contributed by atoms with E-state index in [1.165, 1.54) is 11.1 Å². The van der Waals surface area contributed by atoms with Gasteiger partial charge in [-0.3, -0.25) is 0 Å². The Morgan fingerprint density at radius 1 is 1.21 bits per heavy atom. The zero-order valence-corrected chi connectivity index (χ0v) is 12.3. The van der Waals surface area contributed by atoms with Crippen LogP contribution in [0, 0.1) is 6.92 Å². The monoisotopic (exact) mass is 257 g/mol. The van der Waals surface area contributed by atoms with Crippen LogP contribution in [-0.2, 0) is 13.0 Å². The Morgan fingerprint density at radius 2 is 1.89 bits per heavy atom. The van der Waals surface area contributed by atoms with E-state index in [2.05, 4.69) is 66.1 Å². The van der Waals surface area contributed by atoms with Crippen LogP contribution in [0.1, 0.15) is 43.6 Å². The number of rotatable bonds is 5. The van der Waals surface area contributed by atoms with E-state index in [9.17, 15) is 0 Å². The van der Waals surface area contributed by atoms with Crippen molar-refractivity contribution in [3.05, 3.63) is 47.3 Å². The summed E-state index contributed by atoms with van der Waals surface area (Å²) >= 11 is 0. The fourth-order valence-corrected chi connectivity index (χ4v) is 2.29. The first kappa shape index (κ1) is 13.7. The van der Waals surface area contributed by atoms with Gasteiger partial charge in [-0.05, 0) is 38.3 Å². The second-order valence-corrected chi connectivity index (χ2v) is 5.18. The third-order valence-electron chi connectivity index (χ3n) is 3.35. The van der Waals surface area contributed by atoms with Crippen LogP contribution >= 0.6 is 0 Å². The molecular formula is C16H23N3. The van der Waals surface area contributed by atoms with Crippen molar-refractivity contribution in [2.75, 3.05) is 5.32 Å². The summed E-state index contributed by atoms with van der Waals surface area (Å²) in [5, 5.41) is 3.46. The first-order valence-corrected chi connectivity index (χ1v) is 6.98. The molecule has 1 aromatic carbocycles. The molecule has 0 radical (unpaired) electrons. The number of anilines is 1. The highest BCUT2D eigenvalue weighted by atomic mass is 15.2. The van der Waals surface area contributed by atoms with Gasteiger partial charge in [0, 0.05) is 18.8 Å². The van der Waals surface area contributed by atoms with E-state index in [0.717, 1.165) is 24.6 Å². The fourth-order valence-electron chi connectivity index (χ4n) is 2.29. The number of hydrogen-bond donors (Lipinski definition) is 1. The molecule has 0 atom stereocenters. The van der Waals surface area contributed by atoms with Gasteiger partial charge in [-0.1, -0.05) is 31.2 Å². The van der Waals surface area contributed by atoms with Gasteiger partial charge in [0.2, 0.25) is 5.95 Å². The number of nitrogens with zero attached hydrogens (tertiary/aromatic N) is 2. The van der Waals surface area contributed by atoms with E-state index < -0.39 is 0 Å².